The summed E-state index contributed by atoms with van der Waals surface area (Å²) >= 11 is 7.76. The van der Waals surface area contributed by atoms with Crippen LogP contribution in [-0.2, 0) is 15.3 Å². The Balaban J connectivity index is 1.73. The van der Waals surface area contributed by atoms with Crippen molar-refractivity contribution >= 4 is 35.3 Å². The Bertz CT molecular complexity index is 1220. The van der Waals surface area contributed by atoms with E-state index in [1.807, 2.05) is 55.5 Å². The summed E-state index contributed by atoms with van der Waals surface area (Å²) in [5.74, 6) is 1.33. The Morgan fingerprint density at radius 2 is 2.03 bits per heavy atom. The van der Waals surface area contributed by atoms with E-state index in [1.54, 1.807) is 11.8 Å². The number of aromatic nitrogens is 3. The van der Waals surface area contributed by atoms with Gasteiger partial charge in [0.25, 0.3) is 0 Å². The first kappa shape index (κ1) is 22.9. The molecule has 9 heteroatoms. The molecule has 0 saturated carbocycles. The quantitative estimate of drug-likeness (QED) is 0.267. The van der Waals surface area contributed by atoms with Gasteiger partial charge in [0.2, 0.25) is 11.1 Å². The Kier molecular flexibility index (Phi) is 7.05. The van der Waals surface area contributed by atoms with E-state index in [-0.39, 0.29) is 6.61 Å². The third kappa shape index (κ3) is 4.77. The molecule has 1 unspecified atom stereocenters. The molecule has 1 aliphatic heterocycles. The van der Waals surface area contributed by atoms with Crippen molar-refractivity contribution in [2.24, 2.45) is 0 Å². The second-order valence-electron chi connectivity index (χ2n) is 7.24. The minimum atomic E-state index is -0.572. The summed E-state index contributed by atoms with van der Waals surface area (Å²) in [7, 11) is 1.60. The molecule has 1 aromatic heterocycles. The van der Waals surface area contributed by atoms with Crippen LogP contribution in [0.5, 0.6) is 5.75 Å². The summed E-state index contributed by atoms with van der Waals surface area (Å²) in [5.41, 5.74) is 2.85. The predicted octanol–water partition coefficient (Wildman–Crippen LogP) is 5.25. The maximum atomic E-state index is 13.0. The normalized spacial score (nSPS) is 14.9. The first-order valence-electron chi connectivity index (χ1n) is 10.2. The van der Waals surface area contributed by atoms with E-state index in [2.05, 4.69) is 16.9 Å². The lowest BCUT2D eigenvalue weighted by Crippen LogP contribution is -2.30. The van der Waals surface area contributed by atoms with Gasteiger partial charge in [-0.05, 0) is 24.6 Å². The van der Waals surface area contributed by atoms with Crippen molar-refractivity contribution in [3.63, 3.8) is 0 Å². The van der Waals surface area contributed by atoms with Gasteiger partial charge in [-0.25, -0.2) is 9.48 Å². The number of thioether (sulfide) groups is 1. The van der Waals surface area contributed by atoms with Gasteiger partial charge in [0.1, 0.15) is 18.4 Å². The average molecular weight is 483 g/mol. The van der Waals surface area contributed by atoms with E-state index in [0.29, 0.717) is 38.9 Å². The van der Waals surface area contributed by atoms with Crippen molar-refractivity contribution in [3.8, 4) is 5.75 Å². The van der Waals surface area contributed by atoms with Crippen LogP contribution in [0.15, 0.2) is 77.6 Å². The lowest BCUT2D eigenvalue weighted by Gasteiger charge is -2.28. The van der Waals surface area contributed by atoms with Crippen molar-refractivity contribution in [3.05, 3.63) is 88.6 Å². The number of fused-ring (bicyclic) bond motifs is 1. The third-order valence-corrected chi connectivity index (χ3v) is 6.39. The SMILES string of the molecule is C=CCOC(=O)C1=C(C)Nc2nc(SCc3ccccc3Cl)nn2C1c1ccccc1OC. The number of allylic oxidation sites excluding steroid dienone is 1. The molecule has 0 aliphatic carbocycles. The highest BCUT2D eigenvalue weighted by molar-refractivity contribution is 7.98. The summed E-state index contributed by atoms with van der Waals surface area (Å²) in [6.07, 6.45) is 1.53. The number of methoxy groups -OCH3 is 1. The number of hydrogen-bond acceptors (Lipinski definition) is 7. The molecule has 0 spiro atoms. The number of nitrogens with zero attached hydrogens (tertiary/aromatic N) is 3. The molecule has 7 nitrogen and oxygen atoms in total. The molecular weight excluding hydrogens is 460 g/mol. The molecule has 33 heavy (non-hydrogen) atoms. The lowest BCUT2D eigenvalue weighted by atomic mass is 9.95. The Morgan fingerprint density at radius 1 is 1.27 bits per heavy atom. The molecule has 4 rings (SSSR count). The standard InChI is InChI=1S/C24H23ClN4O3S/c1-4-13-32-22(30)20-15(2)26-23-27-24(33-14-16-9-5-7-11-18(16)25)28-29(23)21(20)17-10-6-8-12-19(17)31-3/h4-12,21H,1,13-14H2,2-3H3,(H,26,27,28). The van der Waals surface area contributed by atoms with E-state index in [1.165, 1.54) is 17.8 Å². The summed E-state index contributed by atoms with van der Waals surface area (Å²) < 4.78 is 12.7. The van der Waals surface area contributed by atoms with Crippen molar-refractivity contribution in [1.82, 2.24) is 14.8 Å². The predicted molar refractivity (Wildman–Crippen MR) is 130 cm³/mol. The van der Waals surface area contributed by atoms with Gasteiger partial charge in [0, 0.05) is 22.0 Å². The summed E-state index contributed by atoms with van der Waals surface area (Å²) in [6, 6.07) is 14.6. The average Bonchev–Trinajstić information content (AvgIpc) is 3.23. The molecule has 1 aliphatic rings. The molecule has 0 fully saturated rings. The summed E-state index contributed by atoms with van der Waals surface area (Å²) in [5, 5.41) is 9.18. The Hall–Kier alpha value is -3.23. The van der Waals surface area contributed by atoms with Gasteiger partial charge < -0.3 is 14.8 Å². The minimum absolute atomic E-state index is 0.109. The number of hydrogen-bond donors (Lipinski definition) is 1. The molecule has 2 aromatic carbocycles. The topological polar surface area (TPSA) is 78.3 Å². The van der Waals surface area contributed by atoms with Crippen LogP contribution in [0, 0.1) is 0 Å². The third-order valence-electron chi connectivity index (χ3n) is 5.13. The van der Waals surface area contributed by atoms with Crippen molar-refractivity contribution in [2.75, 3.05) is 19.0 Å². The van der Waals surface area contributed by atoms with Gasteiger partial charge in [-0.15, -0.1) is 5.10 Å². The second-order valence-corrected chi connectivity index (χ2v) is 8.59. The number of para-hydroxylation sites is 1. The fourth-order valence-electron chi connectivity index (χ4n) is 3.61. The molecule has 0 bridgehead atoms. The maximum absolute atomic E-state index is 13.0. The van der Waals surface area contributed by atoms with Crippen LogP contribution in [0.4, 0.5) is 5.95 Å². The number of carbonyl (C=O) groups is 1. The van der Waals surface area contributed by atoms with Crippen LogP contribution in [0.3, 0.4) is 0 Å². The van der Waals surface area contributed by atoms with Gasteiger partial charge in [0.05, 0.1) is 12.7 Å². The lowest BCUT2D eigenvalue weighted by molar-refractivity contribution is -0.138. The van der Waals surface area contributed by atoms with Crippen molar-refractivity contribution < 1.29 is 14.3 Å². The fraction of sp³-hybridized carbons (Fsp3) is 0.208. The number of anilines is 1. The molecule has 170 valence electrons. The first-order valence-corrected chi connectivity index (χ1v) is 11.6. The van der Waals surface area contributed by atoms with E-state index < -0.39 is 12.0 Å². The number of esters is 1. The van der Waals surface area contributed by atoms with Crippen LogP contribution >= 0.6 is 23.4 Å². The maximum Gasteiger partial charge on any atom is 0.338 e. The first-order chi connectivity index (χ1) is 16.0. The van der Waals surface area contributed by atoms with Crippen LogP contribution in [0.1, 0.15) is 24.1 Å². The largest absolute Gasteiger partial charge is 0.496 e. The number of ether oxygens (including phenoxy) is 2. The zero-order valence-electron chi connectivity index (χ0n) is 18.2. The van der Waals surface area contributed by atoms with Crippen molar-refractivity contribution in [2.45, 2.75) is 23.9 Å². The Labute approximate surface area is 201 Å². The van der Waals surface area contributed by atoms with Gasteiger partial charge in [-0.2, -0.15) is 4.98 Å². The molecule has 2 heterocycles. The number of carbonyl (C=O) groups excluding carboxylic acids is 1. The van der Waals surface area contributed by atoms with Gasteiger partial charge in [-0.1, -0.05) is 72.4 Å². The van der Waals surface area contributed by atoms with Gasteiger partial charge in [0.15, 0.2) is 0 Å². The summed E-state index contributed by atoms with van der Waals surface area (Å²) in [4.78, 5) is 17.7. The second kappa shape index (κ2) is 10.1. The van der Waals surface area contributed by atoms with E-state index in [9.17, 15) is 4.79 Å². The monoisotopic (exact) mass is 482 g/mol. The van der Waals surface area contributed by atoms with E-state index >= 15 is 0 Å². The number of rotatable bonds is 8. The zero-order chi connectivity index (χ0) is 23.4. The Morgan fingerprint density at radius 3 is 2.79 bits per heavy atom. The number of nitrogens with one attached hydrogen (secondary N) is 1. The van der Waals surface area contributed by atoms with Crippen LogP contribution < -0.4 is 10.1 Å². The van der Waals surface area contributed by atoms with E-state index in [0.717, 1.165) is 11.1 Å². The van der Waals surface area contributed by atoms with Crippen LogP contribution in [0.25, 0.3) is 0 Å². The highest BCUT2D eigenvalue weighted by atomic mass is 35.5. The van der Waals surface area contributed by atoms with E-state index in [4.69, 9.17) is 26.2 Å². The summed E-state index contributed by atoms with van der Waals surface area (Å²) in [6.45, 7) is 5.55. The molecule has 1 atom stereocenters. The molecular formula is C24H23ClN4O3S. The molecule has 0 amide bonds. The van der Waals surface area contributed by atoms with Gasteiger partial charge >= 0.3 is 5.97 Å². The van der Waals surface area contributed by atoms with Gasteiger partial charge in [-0.3, -0.25) is 0 Å². The highest BCUT2D eigenvalue weighted by Crippen LogP contribution is 2.40. The molecule has 3 aromatic rings. The fourth-order valence-corrected chi connectivity index (χ4v) is 4.72. The minimum Gasteiger partial charge on any atom is -0.496 e. The molecule has 0 saturated heterocycles. The number of halogens is 1. The van der Waals surface area contributed by atoms with Crippen LogP contribution in [0.2, 0.25) is 5.02 Å². The molecule has 0 radical (unpaired) electrons. The highest BCUT2D eigenvalue weighted by Gasteiger charge is 2.36. The number of benzene rings is 2. The van der Waals surface area contributed by atoms with Crippen LogP contribution in [-0.4, -0.2) is 34.5 Å². The molecule has 1 N–H and O–H groups in total. The smallest absolute Gasteiger partial charge is 0.338 e. The van der Waals surface area contributed by atoms with Crippen molar-refractivity contribution in [1.29, 1.82) is 0 Å². The zero-order valence-corrected chi connectivity index (χ0v) is 19.8.